The zero-order valence-electron chi connectivity index (χ0n) is 11.7. The number of nitro groups is 1. The second-order valence-electron chi connectivity index (χ2n) is 5.08. The van der Waals surface area contributed by atoms with Gasteiger partial charge in [0.25, 0.3) is 0 Å². The van der Waals surface area contributed by atoms with Crippen LogP contribution in [0.4, 0.5) is 10.1 Å². The van der Waals surface area contributed by atoms with Crippen LogP contribution in [0.5, 0.6) is 0 Å². The van der Waals surface area contributed by atoms with Crippen molar-refractivity contribution in [1.82, 2.24) is 4.90 Å². The lowest BCUT2D eigenvalue weighted by Crippen LogP contribution is -2.37. The number of hydrogen-bond donors (Lipinski definition) is 1. The van der Waals surface area contributed by atoms with Crippen molar-refractivity contribution in [2.45, 2.75) is 25.5 Å². The molecule has 1 heterocycles. The molecule has 1 aromatic rings. The van der Waals surface area contributed by atoms with Crippen LogP contribution < -0.4 is 0 Å². The molecule has 7 heteroatoms. The molecule has 1 N–H and O–H groups in total. The Kier molecular flexibility index (Phi) is 5.60. The summed E-state index contributed by atoms with van der Waals surface area (Å²) in [6, 6.07) is 4.26. The van der Waals surface area contributed by atoms with E-state index >= 15 is 0 Å². The largest absolute Gasteiger partial charge is 0.394 e. The first-order valence-electron chi connectivity index (χ1n) is 6.98. The number of nitro benzene ring substituents is 1. The van der Waals surface area contributed by atoms with Crippen LogP contribution >= 0.6 is 0 Å². The molecule has 0 bridgehead atoms. The Balaban J connectivity index is 1.92. The monoisotopic (exact) mass is 298 g/mol. The van der Waals surface area contributed by atoms with E-state index in [0.29, 0.717) is 18.7 Å². The summed E-state index contributed by atoms with van der Waals surface area (Å²) in [6.07, 6.45) is 1.76. The van der Waals surface area contributed by atoms with E-state index in [2.05, 4.69) is 4.90 Å². The lowest BCUT2D eigenvalue weighted by Gasteiger charge is -2.31. The van der Waals surface area contributed by atoms with Crippen LogP contribution in [0.3, 0.4) is 0 Å². The highest BCUT2D eigenvalue weighted by Crippen LogP contribution is 2.23. The first kappa shape index (κ1) is 15.8. The minimum atomic E-state index is -0.749. The van der Waals surface area contributed by atoms with Gasteiger partial charge in [0.2, 0.25) is 5.82 Å². The summed E-state index contributed by atoms with van der Waals surface area (Å²) in [4.78, 5) is 12.1. The number of halogens is 1. The molecule has 2 rings (SSSR count). The quantitative estimate of drug-likeness (QED) is 0.639. The van der Waals surface area contributed by atoms with Crippen molar-refractivity contribution in [2.24, 2.45) is 0 Å². The Morgan fingerprint density at radius 3 is 2.76 bits per heavy atom. The van der Waals surface area contributed by atoms with Gasteiger partial charge in [0.05, 0.1) is 24.2 Å². The number of likely N-dealkylation sites (tertiary alicyclic amines) is 1. The highest BCUT2D eigenvalue weighted by Gasteiger charge is 2.23. The number of ether oxygens (including phenoxy) is 1. The maximum absolute atomic E-state index is 14.0. The number of rotatable bonds is 6. The van der Waals surface area contributed by atoms with Gasteiger partial charge in [-0.1, -0.05) is 12.1 Å². The number of aliphatic hydroxyl groups excluding tert-OH is 1. The third-order valence-corrected chi connectivity index (χ3v) is 3.63. The van der Waals surface area contributed by atoms with Gasteiger partial charge in [0.1, 0.15) is 0 Å². The number of piperidine rings is 1. The van der Waals surface area contributed by atoms with Gasteiger partial charge in [-0.2, -0.15) is 4.39 Å². The van der Waals surface area contributed by atoms with Crippen LogP contribution in [-0.4, -0.2) is 47.3 Å². The molecule has 0 spiro atoms. The average molecular weight is 298 g/mol. The molecule has 1 aliphatic heterocycles. The summed E-state index contributed by atoms with van der Waals surface area (Å²) < 4.78 is 19.5. The third kappa shape index (κ3) is 4.20. The molecule has 21 heavy (non-hydrogen) atoms. The molecule has 0 aliphatic carbocycles. The van der Waals surface area contributed by atoms with Gasteiger partial charge in [-0.15, -0.1) is 0 Å². The summed E-state index contributed by atoms with van der Waals surface area (Å²) in [5, 5.41) is 19.4. The topological polar surface area (TPSA) is 75.8 Å². The van der Waals surface area contributed by atoms with Gasteiger partial charge in [-0.05, 0) is 12.8 Å². The predicted octanol–water partition coefficient (Wildman–Crippen LogP) is 1.71. The lowest BCUT2D eigenvalue weighted by atomic mass is 10.1. The smallest absolute Gasteiger partial charge is 0.305 e. The zero-order valence-corrected chi connectivity index (χ0v) is 11.7. The SMILES string of the molecule is O=[N+]([O-])c1cccc(CN2CCC(OCCO)CC2)c1F. The highest BCUT2D eigenvalue weighted by atomic mass is 19.1. The first-order chi connectivity index (χ1) is 10.1. The first-order valence-corrected chi connectivity index (χ1v) is 6.98. The van der Waals surface area contributed by atoms with Gasteiger partial charge in [0.15, 0.2) is 0 Å². The molecular weight excluding hydrogens is 279 g/mol. The average Bonchev–Trinajstić information content (AvgIpc) is 2.48. The van der Waals surface area contributed by atoms with Crippen LogP contribution in [0, 0.1) is 15.9 Å². The predicted molar refractivity (Wildman–Crippen MR) is 74.4 cm³/mol. The molecule has 0 saturated carbocycles. The van der Waals surface area contributed by atoms with E-state index < -0.39 is 16.4 Å². The molecule has 0 aromatic heterocycles. The Hall–Kier alpha value is -1.57. The Morgan fingerprint density at radius 2 is 2.14 bits per heavy atom. The number of nitrogens with zero attached hydrogens (tertiary/aromatic N) is 2. The summed E-state index contributed by atoms with van der Waals surface area (Å²) in [7, 11) is 0. The van der Waals surface area contributed by atoms with Crippen molar-refractivity contribution in [1.29, 1.82) is 0 Å². The maximum atomic E-state index is 14.0. The van der Waals surface area contributed by atoms with Crippen molar-refractivity contribution in [2.75, 3.05) is 26.3 Å². The second-order valence-corrected chi connectivity index (χ2v) is 5.08. The van der Waals surface area contributed by atoms with Crippen molar-refractivity contribution >= 4 is 5.69 Å². The molecule has 0 amide bonds. The lowest BCUT2D eigenvalue weighted by molar-refractivity contribution is -0.387. The van der Waals surface area contributed by atoms with Crippen LogP contribution in [-0.2, 0) is 11.3 Å². The Morgan fingerprint density at radius 1 is 1.43 bits per heavy atom. The molecule has 1 aromatic carbocycles. The van der Waals surface area contributed by atoms with E-state index in [4.69, 9.17) is 9.84 Å². The molecule has 1 fully saturated rings. The van der Waals surface area contributed by atoms with Crippen molar-refractivity contribution in [3.63, 3.8) is 0 Å². The van der Waals surface area contributed by atoms with Crippen LogP contribution in [0.25, 0.3) is 0 Å². The molecule has 0 radical (unpaired) electrons. The van der Waals surface area contributed by atoms with Gasteiger partial charge in [-0.25, -0.2) is 0 Å². The molecule has 1 aliphatic rings. The van der Waals surface area contributed by atoms with E-state index in [1.807, 2.05) is 0 Å². The fourth-order valence-electron chi connectivity index (χ4n) is 2.52. The van der Waals surface area contributed by atoms with E-state index in [-0.39, 0.29) is 12.7 Å². The normalized spacial score (nSPS) is 17.0. The van der Waals surface area contributed by atoms with Crippen molar-refractivity contribution in [3.8, 4) is 0 Å². The Bertz CT molecular complexity index is 490. The van der Waals surface area contributed by atoms with Gasteiger partial charge >= 0.3 is 5.69 Å². The second kappa shape index (κ2) is 7.44. The van der Waals surface area contributed by atoms with Gasteiger partial charge < -0.3 is 9.84 Å². The number of hydrogen-bond acceptors (Lipinski definition) is 5. The highest BCUT2D eigenvalue weighted by molar-refractivity contribution is 5.36. The standard InChI is InChI=1S/C14H19FN2O4/c15-14-11(2-1-3-13(14)17(19)20)10-16-6-4-12(5-7-16)21-9-8-18/h1-3,12,18H,4-10H2. The molecule has 0 unspecified atom stereocenters. The van der Waals surface area contributed by atoms with Crippen molar-refractivity contribution < 1.29 is 19.2 Å². The van der Waals surface area contributed by atoms with Crippen LogP contribution in [0.1, 0.15) is 18.4 Å². The molecule has 6 nitrogen and oxygen atoms in total. The number of benzene rings is 1. The maximum Gasteiger partial charge on any atom is 0.305 e. The fraction of sp³-hybridized carbons (Fsp3) is 0.571. The zero-order chi connectivity index (χ0) is 15.2. The summed E-state index contributed by atoms with van der Waals surface area (Å²) >= 11 is 0. The summed E-state index contributed by atoms with van der Waals surface area (Å²) in [5.41, 5.74) is -0.132. The minimum absolute atomic E-state index is 0.0130. The van der Waals surface area contributed by atoms with E-state index in [0.717, 1.165) is 25.9 Å². The van der Waals surface area contributed by atoms with Gasteiger partial charge in [-0.3, -0.25) is 15.0 Å². The van der Waals surface area contributed by atoms with Crippen molar-refractivity contribution in [3.05, 3.63) is 39.7 Å². The fourth-order valence-corrected chi connectivity index (χ4v) is 2.52. The third-order valence-electron chi connectivity index (χ3n) is 3.63. The van der Waals surface area contributed by atoms with E-state index in [1.54, 1.807) is 6.07 Å². The minimum Gasteiger partial charge on any atom is -0.394 e. The van der Waals surface area contributed by atoms with E-state index in [1.165, 1.54) is 12.1 Å². The molecule has 0 atom stereocenters. The van der Waals surface area contributed by atoms with Crippen LogP contribution in [0.15, 0.2) is 18.2 Å². The molecule has 116 valence electrons. The van der Waals surface area contributed by atoms with Crippen LogP contribution in [0.2, 0.25) is 0 Å². The van der Waals surface area contributed by atoms with E-state index in [9.17, 15) is 14.5 Å². The number of aliphatic hydroxyl groups is 1. The summed E-state index contributed by atoms with van der Waals surface area (Å²) in [5.74, 6) is -0.749. The molecule has 1 saturated heterocycles. The van der Waals surface area contributed by atoms with Gasteiger partial charge in [0, 0.05) is 31.3 Å². The molecular formula is C14H19FN2O4. The summed E-state index contributed by atoms with van der Waals surface area (Å²) in [6.45, 7) is 2.21. The Labute approximate surface area is 122 Å².